The van der Waals surface area contributed by atoms with Crippen molar-refractivity contribution in [2.45, 2.75) is 39.3 Å². The molecule has 0 heterocycles. The molecule has 1 rings (SSSR count). The maximum atomic E-state index is 11.8. The molecule has 4 nitrogen and oxygen atoms in total. The third kappa shape index (κ3) is 4.15. The highest BCUT2D eigenvalue weighted by Gasteiger charge is 2.17. The number of ether oxygens (including phenoxy) is 1. The van der Waals surface area contributed by atoms with Crippen molar-refractivity contribution in [2.24, 2.45) is 4.99 Å². The Balaban J connectivity index is 2.83. The maximum absolute atomic E-state index is 11.8. The van der Waals surface area contributed by atoms with Crippen LogP contribution in [0.4, 0.5) is 0 Å². The van der Waals surface area contributed by atoms with Gasteiger partial charge in [-0.15, -0.1) is 0 Å². The van der Waals surface area contributed by atoms with Crippen LogP contribution >= 0.6 is 0 Å². The van der Waals surface area contributed by atoms with E-state index in [1.165, 1.54) is 6.08 Å². The normalized spacial score (nSPS) is 12.4. The maximum Gasteiger partial charge on any atom is 0.338 e. The molecule has 0 radical (unpaired) electrons. The van der Waals surface area contributed by atoms with Gasteiger partial charge in [0.05, 0.1) is 11.6 Å². The Hall–Kier alpha value is -1.93. The molecule has 1 aromatic rings. The monoisotopic (exact) mass is 247 g/mol. The van der Waals surface area contributed by atoms with Crippen LogP contribution in [0, 0.1) is 0 Å². The average molecular weight is 247 g/mol. The van der Waals surface area contributed by atoms with E-state index in [-0.39, 0.29) is 12.0 Å². The van der Waals surface area contributed by atoms with Crippen LogP contribution < -0.4 is 0 Å². The first-order valence-corrected chi connectivity index (χ1v) is 5.74. The third-order valence-corrected chi connectivity index (χ3v) is 2.27. The van der Waals surface area contributed by atoms with Crippen molar-refractivity contribution in [3.63, 3.8) is 0 Å². The zero-order valence-corrected chi connectivity index (χ0v) is 11.1. The quantitative estimate of drug-likeness (QED) is 0.468. The number of nitrogens with zero attached hydrogens (tertiary/aromatic N) is 1. The molecular formula is C14H17NO3. The SMILES string of the molecule is CC(N=C=O)c1ccc(C(=O)OC(C)(C)C)cc1. The Bertz CT molecular complexity index is 465. The molecule has 1 aromatic carbocycles. The van der Waals surface area contributed by atoms with E-state index in [9.17, 15) is 9.59 Å². The van der Waals surface area contributed by atoms with E-state index in [0.29, 0.717) is 5.56 Å². The van der Waals surface area contributed by atoms with E-state index in [4.69, 9.17) is 4.74 Å². The molecular weight excluding hydrogens is 230 g/mol. The van der Waals surface area contributed by atoms with Crippen LogP contribution in [0.5, 0.6) is 0 Å². The zero-order valence-electron chi connectivity index (χ0n) is 11.1. The van der Waals surface area contributed by atoms with Crippen molar-refractivity contribution in [2.75, 3.05) is 0 Å². The van der Waals surface area contributed by atoms with Gasteiger partial charge in [-0.05, 0) is 45.4 Å². The molecule has 0 saturated heterocycles. The highest BCUT2D eigenvalue weighted by molar-refractivity contribution is 5.89. The standard InChI is InChI=1S/C14H17NO3/c1-10(15-9-16)11-5-7-12(8-6-11)13(17)18-14(2,3)4/h5-8,10H,1-4H3. The number of hydrogen-bond acceptors (Lipinski definition) is 4. The lowest BCUT2D eigenvalue weighted by Crippen LogP contribution is -2.23. The predicted octanol–water partition coefficient (Wildman–Crippen LogP) is 3.04. The van der Waals surface area contributed by atoms with Crippen molar-refractivity contribution >= 4 is 12.0 Å². The van der Waals surface area contributed by atoms with E-state index in [1.54, 1.807) is 31.2 Å². The number of carbonyl (C=O) groups is 1. The van der Waals surface area contributed by atoms with Gasteiger partial charge in [0.25, 0.3) is 0 Å². The van der Waals surface area contributed by atoms with Gasteiger partial charge in [0.2, 0.25) is 6.08 Å². The fourth-order valence-electron chi connectivity index (χ4n) is 1.39. The fourth-order valence-corrected chi connectivity index (χ4v) is 1.39. The lowest BCUT2D eigenvalue weighted by Gasteiger charge is -2.19. The summed E-state index contributed by atoms with van der Waals surface area (Å²) in [6.07, 6.45) is 1.52. The second-order valence-electron chi connectivity index (χ2n) is 5.02. The number of esters is 1. The second-order valence-corrected chi connectivity index (χ2v) is 5.02. The molecule has 1 unspecified atom stereocenters. The summed E-state index contributed by atoms with van der Waals surface area (Å²) in [6.45, 7) is 7.24. The minimum atomic E-state index is -0.509. The van der Waals surface area contributed by atoms with E-state index < -0.39 is 5.60 Å². The molecule has 0 spiro atoms. The van der Waals surface area contributed by atoms with Crippen LogP contribution in [-0.4, -0.2) is 17.7 Å². The van der Waals surface area contributed by atoms with Gasteiger partial charge in [0.15, 0.2) is 0 Å². The summed E-state index contributed by atoms with van der Waals surface area (Å²) in [5, 5.41) is 0. The molecule has 96 valence electrons. The minimum absolute atomic E-state index is 0.254. The van der Waals surface area contributed by atoms with Gasteiger partial charge in [-0.1, -0.05) is 12.1 Å². The first kappa shape index (κ1) is 14.1. The minimum Gasteiger partial charge on any atom is -0.456 e. The highest BCUT2D eigenvalue weighted by atomic mass is 16.6. The Morgan fingerprint density at radius 2 is 1.83 bits per heavy atom. The molecule has 0 aliphatic heterocycles. The molecule has 0 aliphatic rings. The van der Waals surface area contributed by atoms with Crippen LogP contribution in [0.1, 0.15) is 49.7 Å². The first-order chi connectivity index (χ1) is 8.33. The summed E-state index contributed by atoms with van der Waals surface area (Å²) < 4.78 is 5.25. The summed E-state index contributed by atoms with van der Waals surface area (Å²) in [5.74, 6) is -0.361. The fraction of sp³-hybridized carbons (Fsp3) is 0.429. The highest BCUT2D eigenvalue weighted by Crippen LogP contribution is 2.18. The largest absolute Gasteiger partial charge is 0.456 e. The van der Waals surface area contributed by atoms with Crippen molar-refractivity contribution in [3.05, 3.63) is 35.4 Å². The number of isocyanates is 1. The van der Waals surface area contributed by atoms with Gasteiger partial charge in [-0.2, -0.15) is 4.99 Å². The number of rotatable bonds is 3. The predicted molar refractivity (Wildman–Crippen MR) is 68.1 cm³/mol. The average Bonchev–Trinajstić information content (AvgIpc) is 2.27. The first-order valence-electron chi connectivity index (χ1n) is 5.74. The summed E-state index contributed by atoms with van der Waals surface area (Å²) in [6, 6.07) is 6.59. The lowest BCUT2D eigenvalue weighted by molar-refractivity contribution is 0.00695. The Morgan fingerprint density at radius 3 is 2.28 bits per heavy atom. The number of aliphatic imine (C=N–C) groups is 1. The van der Waals surface area contributed by atoms with E-state index in [0.717, 1.165) is 5.56 Å². The van der Waals surface area contributed by atoms with Crippen molar-refractivity contribution in [1.82, 2.24) is 0 Å². The summed E-state index contributed by atoms with van der Waals surface area (Å²) in [7, 11) is 0. The van der Waals surface area contributed by atoms with Crippen molar-refractivity contribution in [1.29, 1.82) is 0 Å². The number of hydrogen-bond donors (Lipinski definition) is 0. The van der Waals surface area contributed by atoms with E-state index >= 15 is 0 Å². The van der Waals surface area contributed by atoms with Crippen LogP contribution in [0.15, 0.2) is 29.3 Å². The van der Waals surface area contributed by atoms with Gasteiger partial charge >= 0.3 is 5.97 Å². The van der Waals surface area contributed by atoms with Gasteiger partial charge in [0, 0.05) is 0 Å². The smallest absolute Gasteiger partial charge is 0.338 e. The van der Waals surface area contributed by atoms with Gasteiger partial charge in [-0.3, -0.25) is 0 Å². The molecule has 4 heteroatoms. The van der Waals surface area contributed by atoms with Gasteiger partial charge in [-0.25, -0.2) is 9.59 Å². The Morgan fingerprint density at radius 1 is 1.28 bits per heavy atom. The second kappa shape index (κ2) is 5.61. The lowest BCUT2D eigenvalue weighted by atomic mass is 10.1. The number of benzene rings is 1. The molecule has 0 fully saturated rings. The van der Waals surface area contributed by atoms with Crippen molar-refractivity contribution < 1.29 is 14.3 Å². The summed E-state index contributed by atoms with van der Waals surface area (Å²) in [4.78, 5) is 25.5. The molecule has 0 bridgehead atoms. The van der Waals surface area contributed by atoms with Gasteiger partial charge in [0.1, 0.15) is 5.60 Å². The van der Waals surface area contributed by atoms with Gasteiger partial charge < -0.3 is 4.74 Å². The Labute approximate surface area is 107 Å². The molecule has 0 aromatic heterocycles. The van der Waals surface area contributed by atoms with Crippen LogP contribution in [0.25, 0.3) is 0 Å². The summed E-state index contributed by atoms with van der Waals surface area (Å²) >= 11 is 0. The molecule has 0 amide bonds. The molecule has 0 aliphatic carbocycles. The molecule has 0 saturated carbocycles. The topological polar surface area (TPSA) is 55.7 Å². The Kier molecular flexibility index (Phi) is 4.40. The van der Waals surface area contributed by atoms with Crippen molar-refractivity contribution in [3.8, 4) is 0 Å². The van der Waals surface area contributed by atoms with E-state index in [2.05, 4.69) is 4.99 Å². The third-order valence-electron chi connectivity index (χ3n) is 2.27. The number of carbonyl (C=O) groups excluding carboxylic acids is 2. The zero-order chi connectivity index (χ0) is 13.8. The molecule has 1 atom stereocenters. The van der Waals surface area contributed by atoms with E-state index in [1.807, 2.05) is 20.8 Å². The molecule has 18 heavy (non-hydrogen) atoms. The van der Waals surface area contributed by atoms with Crippen LogP contribution in [0.3, 0.4) is 0 Å². The van der Waals surface area contributed by atoms with Crippen LogP contribution in [-0.2, 0) is 9.53 Å². The summed E-state index contributed by atoms with van der Waals surface area (Å²) in [5.41, 5.74) is 0.826. The van der Waals surface area contributed by atoms with Crippen LogP contribution in [0.2, 0.25) is 0 Å². The molecule has 0 N–H and O–H groups in total.